The monoisotopic (exact) mass is 291 g/mol. The molecule has 0 amide bonds. The van der Waals surface area contributed by atoms with Crippen LogP contribution in [0.1, 0.15) is 18.9 Å². The average molecular weight is 291 g/mol. The Morgan fingerprint density at radius 1 is 1.10 bits per heavy atom. The molecule has 2 N–H and O–H groups in total. The highest BCUT2D eigenvalue weighted by Gasteiger charge is 2.24. The normalized spacial score (nSPS) is 13.7. The number of halogens is 2. The van der Waals surface area contributed by atoms with Gasteiger partial charge in [-0.15, -0.1) is 0 Å². The van der Waals surface area contributed by atoms with Gasteiger partial charge in [0.2, 0.25) is 0 Å². The molecule has 0 heterocycles. The van der Waals surface area contributed by atoms with Crippen LogP contribution in [-0.4, -0.2) is 13.2 Å². The quantitative estimate of drug-likeness (QED) is 0.881. The molecule has 2 aromatic rings. The van der Waals surface area contributed by atoms with Gasteiger partial charge in [0.1, 0.15) is 5.82 Å². The molecule has 0 fully saturated rings. The third kappa shape index (κ3) is 3.79. The summed E-state index contributed by atoms with van der Waals surface area (Å²) in [5, 5.41) is 0. The topological polar surface area (TPSA) is 35.2 Å². The molecule has 2 aromatic carbocycles. The van der Waals surface area contributed by atoms with Crippen molar-refractivity contribution in [3.63, 3.8) is 0 Å². The molecule has 0 bridgehead atoms. The van der Waals surface area contributed by atoms with Crippen LogP contribution in [0.4, 0.5) is 8.78 Å². The van der Waals surface area contributed by atoms with E-state index in [9.17, 15) is 8.78 Å². The summed E-state index contributed by atoms with van der Waals surface area (Å²) >= 11 is 0. The molecule has 0 aromatic heterocycles. The van der Waals surface area contributed by atoms with Crippen LogP contribution in [0.15, 0.2) is 48.5 Å². The molecule has 112 valence electrons. The van der Waals surface area contributed by atoms with Crippen LogP contribution in [0.5, 0.6) is 5.75 Å². The molecule has 0 radical (unpaired) electrons. The summed E-state index contributed by atoms with van der Waals surface area (Å²) in [4.78, 5) is 0. The van der Waals surface area contributed by atoms with Crippen molar-refractivity contribution in [1.82, 2.24) is 0 Å². The molecule has 0 aliphatic heterocycles. The lowest BCUT2D eigenvalue weighted by molar-refractivity contribution is 0.256. The number of hydrogen-bond donors (Lipinski definition) is 1. The van der Waals surface area contributed by atoms with E-state index in [0.29, 0.717) is 19.6 Å². The van der Waals surface area contributed by atoms with Gasteiger partial charge >= 0.3 is 0 Å². The summed E-state index contributed by atoms with van der Waals surface area (Å²) in [6.45, 7) is 2.82. The molecule has 1 atom stereocenters. The first-order valence-electron chi connectivity index (χ1n) is 6.88. The van der Waals surface area contributed by atoms with Gasteiger partial charge in [-0.1, -0.05) is 37.3 Å². The fraction of sp³-hybridized carbons (Fsp3) is 0.294. The van der Waals surface area contributed by atoms with Crippen molar-refractivity contribution >= 4 is 0 Å². The lowest BCUT2D eigenvalue weighted by atomic mass is 9.80. The maximum Gasteiger partial charge on any atom is 0.167 e. The maximum atomic E-state index is 13.5. The van der Waals surface area contributed by atoms with Gasteiger partial charge in [-0.3, -0.25) is 0 Å². The zero-order valence-electron chi connectivity index (χ0n) is 12.0. The van der Waals surface area contributed by atoms with E-state index in [0.717, 1.165) is 11.6 Å². The smallest absolute Gasteiger partial charge is 0.167 e. The third-order valence-corrected chi connectivity index (χ3v) is 3.73. The van der Waals surface area contributed by atoms with E-state index in [-0.39, 0.29) is 11.2 Å². The predicted octanol–water partition coefficient (Wildman–Crippen LogP) is 3.65. The van der Waals surface area contributed by atoms with Gasteiger partial charge < -0.3 is 10.5 Å². The average Bonchev–Trinajstić information content (AvgIpc) is 2.50. The van der Waals surface area contributed by atoms with Crippen molar-refractivity contribution in [2.75, 3.05) is 13.2 Å². The Labute approximate surface area is 123 Å². The van der Waals surface area contributed by atoms with Crippen LogP contribution in [0.2, 0.25) is 0 Å². The lowest BCUT2D eigenvalue weighted by Gasteiger charge is -2.28. The largest absolute Gasteiger partial charge is 0.490 e. The number of hydrogen-bond acceptors (Lipinski definition) is 2. The van der Waals surface area contributed by atoms with E-state index in [1.165, 1.54) is 12.1 Å². The van der Waals surface area contributed by atoms with Crippen LogP contribution >= 0.6 is 0 Å². The van der Waals surface area contributed by atoms with Gasteiger partial charge in [-0.05, 0) is 24.1 Å². The van der Waals surface area contributed by atoms with Gasteiger partial charge in [0.05, 0.1) is 6.61 Å². The van der Waals surface area contributed by atoms with Crippen LogP contribution in [-0.2, 0) is 5.41 Å². The minimum absolute atomic E-state index is 0.0591. The standard InChI is InChI=1S/C17H19F2NO/c1-17(12-20,13-5-3-2-4-6-13)9-10-21-16-8-7-14(18)11-15(16)19/h2-8,11H,9-10,12,20H2,1H3. The van der Waals surface area contributed by atoms with E-state index in [2.05, 4.69) is 0 Å². The van der Waals surface area contributed by atoms with E-state index >= 15 is 0 Å². The van der Waals surface area contributed by atoms with Crippen molar-refractivity contribution in [3.05, 3.63) is 65.7 Å². The summed E-state index contributed by atoms with van der Waals surface area (Å²) in [5.74, 6) is -1.25. The summed E-state index contributed by atoms with van der Waals surface area (Å²) in [7, 11) is 0. The van der Waals surface area contributed by atoms with E-state index in [1.54, 1.807) is 0 Å². The van der Waals surface area contributed by atoms with Crippen molar-refractivity contribution in [2.24, 2.45) is 5.73 Å². The fourth-order valence-electron chi connectivity index (χ4n) is 2.18. The molecule has 1 unspecified atom stereocenters. The Kier molecular flexibility index (Phi) is 4.91. The molecular formula is C17H19F2NO. The third-order valence-electron chi connectivity index (χ3n) is 3.73. The summed E-state index contributed by atoms with van der Waals surface area (Å²) in [6.07, 6.45) is 0.643. The van der Waals surface area contributed by atoms with Crippen LogP contribution < -0.4 is 10.5 Å². The summed E-state index contributed by atoms with van der Waals surface area (Å²) in [6, 6.07) is 13.2. The van der Waals surface area contributed by atoms with Gasteiger partial charge in [-0.2, -0.15) is 0 Å². The Bertz CT molecular complexity index is 589. The number of ether oxygens (including phenoxy) is 1. The zero-order chi connectivity index (χ0) is 15.3. The second-order valence-corrected chi connectivity index (χ2v) is 5.30. The molecule has 0 aliphatic carbocycles. The number of nitrogens with two attached hydrogens (primary N) is 1. The minimum atomic E-state index is -0.691. The van der Waals surface area contributed by atoms with Crippen molar-refractivity contribution in [3.8, 4) is 5.75 Å². The van der Waals surface area contributed by atoms with Gasteiger partial charge in [-0.25, -0.2) is 8.78 Å². The van der Waals surface area contributed by atoms with Gasteiger partial charge in [0.15, 0.2) is 11.6 Å². The molecule has 21 heavy (non-hydrogen) atoms. The van der Waals surface area contributed by atoms with Crippen LogP contribution in [0.3, 0.4) is 0 Å². The summed E-state index contributed by atoms with van der Waals surface area (Å²) < 4.78 is 31.7. The Morgan fingerprint density at radius 3 is 2.43 bits per heavy atom. The minimum Gasteiger partial charge on any atom is -0.490 e. The fourth-order valence-corrected chi connectivity index (χ4v) is 2.18. The van der Waals surface area contributed by atoms with Gasteiger partial charge in [0, 0.05) is 18.0 Å². The number of benzene rings is 2. The van der Waals surface area contributed by atoms with E-state index in [4.69, 9.17) is 10.5 Å². The first kappa shape index (κ1) is 15.4. The molecule has 0 saturated heterocycles. The maximum absolute atomic E-state index is 13.5. The first-order valence-corrected chi connectivity index (χ1v) is 6.88. The molecule has 2 rings (SSSR count). The molecule has 2 nitrogen and oxygen atoms in total. The van der Waals surface area contributed by atoms with E-state index in [1.807, 2.05) is 37.3 Å². The molecule has 0 aliphatic rings. The van der Waals surface area contributed by atoms with Crippen LogP contribution in [0.25, 0.3) is 0 Å². The summed E-state index contributed by atoms with van der Waals surface area (Å²) in [5.41, 5.74) is 6.77. The Balaban J connectivity index is 2.01. The highest BCUT2D eigenvalue weighted by molar-refractivity contribution is 5.26. The van der Waals surface area contributed by atoms with Gasteiger partial charge in [0.25, 0.3) is 0 Å². The highest BCUT2D eigenvalue weighted by atomic mass is 19.1. The first-order chi connectivity index (χ1) is 10.0. The van der Waals surface area contributed by atoms with Crippen molar-refractivity contribution in [1.29, 1.82) is 0 Å². The SMILES string of the molecule is CC(CN)(CCOc1ccc(F)cc1F)c1ccccc1. The predicted molar refractivity (Wildman–Crippen MR) is 79.3 cm³/mol. The Morgan fingerprint density at radius 2 is 1.81 bits per heavy atom. The highest BCUT2D eigenvalue weighted by Crippen LogP contribution is 2.27. The molecular weight excluding hydrogens is 272 g/mol. The lowest BCUT2D eigenvalue weighted by Crippen LogP contribution is -2.33. The Hall–Kier alpha value is -1.94. The second kappa shape index (κ2) is 6.68. The molecule has 0 saturated carbocycles. The van der Waals surface area contributed by atoms with Crippen molar-refractivity contribution in [2.45, 2.75) is 18.8 Å². The van der Waals surface area contributed by atoms with E-state index < -0.39 is 11.6 Å². The molecule has 4 heteroatoms. The zero-order valence-corrected chi connectivity index (χ0v) is 12.0. The number of rotatable bonds is 6. The van der Waals surface area contributed by atoms with Crippen LogP contribution in [0, 0.1) is 11.6 Å². The molecule has 0 spiro atoms. The second-order valence-electron chi connectivity index (χ2n) is 5.30. The van der Waals surface area contributed by atoms with Crippen molar-refractivity contribution < 1.29 is 13.5 Å².